The summed E-state index contributed by atoms with van der Waals surface area (Å²) in [6.45, 7) is 1.01. The third-order valence-corrected chi connectivity index (χ3v) is 7.02. The second-order valence-electron chi connectivity index (χ2n) is 6.74. The summed E-state index contributed by atoms with van der Waals surface area (Å²) in [7, 11) is -1.49. The van der Waals surface area contributed by atoms with Crippen LogP contribution in [0.15, 0.2) is 24.3 Å². The van der Waals surface area contributed by atoms with E-state index >= 15 is 0 Å². The number of rotatable bonds is 5. The summed E-state index contributed by atoms with van der Waals surface area (Å²) in [4.78, 5) is 0.745. The van der Waals surface area contributed by atoms with Crippen LogP contribution in [0.4, 0.5) is 0 Å². The largest absolute Gasteiger partial charge is 0.497 e. The molecule has 0 amide bonds. The molecule has 0 N–H and O–H groups in total. The van der Waals surface area contributed by atoms with E-state index in [1.165, 1.54) is 21.9 Å². The van der Waals surface area contributed by atoms with E-state index in [4.69, 9.17) is 4.74 Å². The summed E-state index contributed by atoms with van der Waals surface area (Å²) < 4.78 is 31.9. The average Bonchev–Trinajstić information content (AvgIpc) is 3.26. The molecule has 0 saturated carbocycles. The van der Waals surface area contributed by atoms with Gasteiger partial charge in [-0.2, -0.15) is 9.61 Å². The minimum atomic E-state index is -3.13. The first-order valence-corrected chi connectivity index (χ1v) is 11.6. The second-order valence-corrected chi connectivity index (χ2v) is 9.71. The third kappa shape index (κ3) is 3.94. The summed E-state index contributed by atoms with van der Waals surface area (Å²) in [6, 6.07) is 7.80. The lowest BCUT2D eigenvalue weighted by atomic mass is 9.97. The number of sulfonamides is 1. The zero-order valence-electron chi connectivity index (χ0n) is 15.6. The molecule has 4 rings (SSSR count). The summed E-state index contributed by atoms with van der Waals surface area (Å²) in [5.74, 6) is 1.79. The van der Waals surface area contributed by atoms with Gasteiger partial charge in [-0.1, -0.05) is 29.5 Å². The fourth-order valence-electron chi connectivity index (χ4n) is 3.30. The van der Waals surface area contributed by atoms with Gasteiger partial charge in [0.25, 0.3) is 0 Å². The van der Waals surface area contributed by atoms with E-state index < -0.39 is 10.0 Å². The predicted molar refractivity (Wildman–Crippen MR) is 109 cm³/mol. The van der Waals surface area contributed by atoms with Crippen LogP contribution in [0, 0.1) is 0 Å². The van der Waals surface area contributed by atoms with Gasteiger partial charge >= 0.3 is 0 Å². The number of benzene rings is 1. The molecule has 0 spiro atoms. The Morgan fingerprint density at radius 2 is 1.86 bits per heavy atom. The maximum absolute atomic E-state index is 11.7. The molecule has 10 heteroatoms. The number of aromatic nitrogens is 4. The van der Waals surface area contributed by atoms with Crippen LogP contribution in [0.5, 0.6) is 5.75 Å². The first-order chi connectivity index (χ1) is 13.4. The molecule has 1 aliphatic rings. The van der Waals surface area contributed by atoms with Gasteiger partial charge in [-0.3, -0.25) is 0 Å². The van der Waals surface area contributed by atoms with Gasteiger partial charge in [0.15, 0.2) is 5.82 Å². The average molecular weight is 420 g/mol. The summed E-state index contributed by atoms with van der Waals surface area (Å²) in [5, 5.41) is 14.0. The van der Waals surface area contributed by atoms with Crippen LogP contribution in [0.25, 0.3) is 17.1 Å². The molecule has 0 atom stereocenters. The Labute approximate surface area is 167 Å². The first kappa shape index (κ1) is 19.0. The van der Waals surface area contributed by atoms with Crippen molar-refractivity contribution in [2.24, 2.45) is 0 Å². The normalized spacial score (nSPS) is 16.9. The van der Waals surface area contributed by atoms with Crippen LogP contribution in [-0.2, 0) is 10.0 Å². The maximum atomic E-state index is 11.7. The highest BCUT2D eigenvalue weighted by molar-refractivity contribution is 7.88. The van der Waals surface area contributed by atoms with Crippen molar-refractivity contribution in [2.75, 3.05) is 26.5 Å². The van der Waals surface area contributed by atoms with E-state index in [1.54, 1.807) is 11.6 Å². The Kier molecular flexibility index (Phi) is 5.17. The van der Waals surface area contributed by atoms with E-state index in [0.29, 0.717) is 13.1 Å². The molecule has 28 heavy (non-hydrogen) atoms. The van der Waals surface area contributed by atoms with Crippen LogP contribution in [0.3, 0.4) is 0 Å². The molecule has 2 aromatic heterocycles. The van der Waals surface area contributed by atoms with Gasteiger partial charge in [0, 0.05) is 19.0 Å². The van der Waals surface area contributed by atoms with Crippen molar-refractivity contribution in [1.29, 1.82) is 0 Å². The van der Waals surface area contributed by atoms with Crippen LogP contribution in [0.2, 0.25) is 0 Å². The van der Waals surface area contributed by atoms with Gasteiger partial charge < -0.3 is 4.74 Å². The molecule has 8 nitrogen and oxygen atoms in total. The molecule has 1 aliphatic heterocycles. The monoisotopic (exact) mass is 419 g/mol. The Morgan fingerprint density at radius 1 is 1.14 bits per heavy atom. The molecule has 0 unspecified atom stereocenters. The van der Waals surface area contributed by atoms with E-state index in [-0.39, 0.29) is 5.92 Å². The van der Waals surface area contributed by atoms with E-state index in [2.05, 4.69) is 15.3 Å². The number of hydrogen-bond donors (Lipinski definition) is 0. The SMILES string of the molecule is COc1ccc(/C=C/c2nn3c(C4CCN(S(C)(=O)=O)CC4)nnc3s2)cc1. The zero-order chi connectivity index (χ0) is 19.7. The van der Waals surface area contributed by atoms with Crippen molar-refractivity contribution in [2.45, 2.75) is 18.8 Å². The molecule has 1 fully saturated rings. The molecular weight excluding hydrogens is 398 g/mol. The fraction of sp³-hybridized carbons (Fsp3) is 0.389. The quantitative estimate of drug-likeness (QED) is 0.631. The van der Waals surface area contributed by atoms with Gasteiger partial charge in [0.2, 0.25) is 15.0 Å². The minimum Gasteiger partial charge on any atom is -0.497 e. The first-order valence-electron chi connectivity index (χ1n) is 8.93. The summed E-state index contributed by atoms with van der Waals surface area (Å²) in [5.41, 5.74) is 1.06. The summed E-state index contributed by atoms with van der Waals surface area (Å²) >= 11 is 1.47. The van der Waals surface area contributed by atoms with Gasteiger partial charge in [-0.15, -0.1) is 10.2 Å². The molecule has 0 bridgehead atoms. The Bertz CT molecular complexity index is 1090. The van der Waals surface area contributed by atoms with E-state index in [0.717, 1.165) is 39.9 Å². The minimum absolute atomic E-state index is 0.161. The van der Waals surface area contributed by atoms with Crippen molar-refractivity contribution in [3.63, 3.8) is 0 Å². The van der Waals surface area contributed by atoms with Crippen molar-refractivity contribution in [1.82, 2.24) is 24.1 Å². The smallest absolute Gasteiger partial charge is 0.234 e. The van der Waals surface area contributed by atoms with Crippen molar-refractivity contribution in [3.8, 4) is 5.75 Å². The lowest BCUT2D eigenvalue weighted by Crippen LogP contribution is -2.37. The predicted octanol–water partition coefficient (Wildman–Crippen LogP) is 2.50. The maximum Gasteiger partial charge on any atom is 0.234 e. The Balaban J connectivity index is 1.50. The Morgan fingerprint density at radius 3 is 2.50 bits per heavy atom. The van der Waals surface area contributed by atoms with Crippen LogP contribution in [0.1, 0.15) is 35.2 Å². The lowest BCUT2D eigenvalue weighted by Gasteiger charge is -2.28. The molecule has 1 saturated heterocycles. The second kappa shape index (κ2) is 7.61. The fourth-order valence-corrected chi connectivity index (χ4v) is 4.92. The van der Waals surface area contributed by atoms with E-state index in [1.807, 2.05) is 36.4 Å². The number of fused-ring (bicyclic) bond motifs is 1. The van der Waals surface area contributed by atoms with Crippen molar-refractivity contribution in [3.05, 3.63) is 40.7 Å². The highest BCUT2D eigenvalue weighted by atomic mass is 32.2. The number of hydrogen-bond acceptors (Lipinski definition) is 7. The Hall–Kier alpha value is -2.30. The lowest BCUT2D eigenvalue weighted by molar-refractivity contribution is 0.313. The standard InChI is InChI=1S/C18H21N5O3S2/c1-26-15-6-3-13(4-7-15)5-8-16-21-23-17(19-20-18(23)27-16)14-9-11-22(12-10-14)28(2,24)25/h3-8,14H,9-12H2,1-2H3/b8-5+. The zero-order valence-corrected chi connectivity index (χ0v) is 17.3. The molecule has 3 heterocycles. The van der Waals surface area contributed by atoms with Crippen molar-refractivity contribution < 1.29 is 13.2 Å². The molecule has 3 aromatic rings. The van der Waals surface area contributed by atoms with Crippen LogP contribution >= 0.6 is 11.3 Å². The third-order valence-electron chi connectivity index (χ3n) is 4.85. The van der Waals surface area contributed by atoms with Gasteiger partial charge in [0.05, 0.1) is 13.4 Å². The van der Waals surface area contributed by atoms with E-state index in [9.17, 15) is 8.42 Å². The van der Waals surface area contributed by atoms with Gasteiger partial charge in [-0.25, -0.2) is 12.7 Å². The molecule has 148 valence electrons. The van der Waals surface area contributed by atoms with Gasteiger partial charge in [-0.05, 0) is 36.6 Å². The number of ether oxygens (including phenoxy) is 1. The number of piperidine rings is 1. The van der Waals surface area contributed by atoms with Crippen LogP contribution in [-0.4, -0.2) is 59.0 Å². The molecule has 1 aromatic carbocycles. The highest BCUT2D eigenvalue weighted by Gasteiger charge is 2.29. The molecule has 0 aliphatic carbocycles. The van der Waals surface area contributed by atoms with Crippen LogP contribution < -0.4 is 4.74 Å². The number of nitrogens with zero attached hydrogens (tertiary/aromatic N) is 5. The van der Waals surface area contributed by atoms with Gasteiger partial charge in [0.1, 0.15) is 10.8 Å². The summed E-state index contributed by atoms with van der Waals surface area (Å²) in [6.07, 6.45) is 6.65. The molecular formula is C18H21N5O3S2. The molecule has 0 radical (unpaired) electrons. The van der Waals surface area contributed by atoms with Crippen molar-refractivity contribution >= 4 is 38.5 Å². The number of methoxy groups -OCH3 is 1. The highest BCUT2D eigenvalue weighted by Crippen LogP contribution is 2.29. The topological polar surface area (TPSA) is 89.7 Å².